The van der Waals surface area contributed by atoms with Crippen molar-refractivity contribution >= 4 is 27.8 Å². The first-order chi connectivity index (χ1) is 12.3. The fourth-order valence-corrected chi connectivity index (χ4v) is 8.23. The van der Waals surface area contributed by atoms with Gasteiger partial charge in [-0.1, -0.05) is 22.9 Å². The van der Waals surface area contributed by atoms with E-state index in [-0.39, 0.29) is 34.3 Å². The summed E-state index contributed by atoms with van der Waals surface area (Å²) in [4.78, 5) is 24.6. The number of nitrogens with one attached hydrogen (secondary N) is 1. The van der Waals surface area contributed by atoms with Gasteiger partial charge in [0.2, 0.25) is 0 Å². The van der Waals surface area contributed by atoms with Crippen LogP contribution in [0.15, 0.2) is 0 Å². The number of esters is 1. The monoisotopic (exact) mass is 425 g/mol. The summed E-state index contributed by atoms with van der Waals surface area (Å²) in [5.41, 5.74) is 0.112. The van der Waals surface area contributed by atoms with Gasteiger partial charge in [0.05, 0.1) is 6.42 Å². The minimum atomic E-state index is -0.185. The maximum absolute atomic E-state index is 12.5. The fourth-order valence-electron chi connectivity index (χ4n) is 6.72. The molecule has 5 fully saturated rings. The van der Waals surface area contributed by atoms with Crippen molar-refractivity contribution in [1.29, 1.82) is 0 Å². The topological polar surface area (TPSA) is 55.4 Å². The molecule has 26 heavy (non-hydrogen) atoms. The van der Waals surface area contributed by atoms with Crippen molar-refractivity contribution < 1.29 is 14.3 Å². The molecule has 4 nitrogen and oxygen atoms in total. The van der Waals surface area contributed by atoms with Gasteiger partial charge in [-0.15, -0.1) is 0 Å². The van der Waals surface area contributed by atoms with E-state index in [2.05, 4.69) is 28.2 Å². The number of alkyl halides is 1. The molecule has 0 aromatic heterocycles. The molecule has 5 saturated carbocycles. The molecule has 4 bridgehead atoms. The molecule has 2 atom stereocenters. The molecule has 0 unspecified atom stereocenters. The van der Waals surface area contributed by atoms with Crippen LogP contribution in [-0.2, 0) is 14.3 Å². The molecule has 0 aromatic rings. The van der Waals surface area contributed by atoms with Gasteiger partial charge in [0.1, 0.15) is 0 Å². The summed E-state index contributed by atoms with van der Waals surface area (Å²) in [6.07, 6.45) is 12.2. The van der Waals surface area contributed by atoms with Gasteiger partial charge >= 0.3 is 5.97 Å². The standard InChI is InChI=1S/C21H32BrNO3/c1-14-2-4-17(5-3-14)23-18(24)12-26-19(25)11-20-7-15-6-16(8-20)10-21(22,9-15)13-20/h14-17H,2-13H2,1H3,(H,23,24)/t14?,15-,16-,17?,20?,21?/m0/s1. The van der Waals surface area contributed by atoms with Gasteiger partial charge in [0.15, 0.2) is 6.61 Å². The molecule has 0 aromatic carbocycles. The summed E-state index contributed by atoms with van der Waals surface area (Å²) in [6, 6.07) is 0.258. The van der Waals surface area contributed by atoms with Gasteiger partial charge in [0, 0.05) is 10.4 Å². The van der Waals surface area contributed by atoms with Crippen LogP contribution in [0.2, 0.25) is 0 Å². The van der Waals surface area contributed by atoms with E-state index in [1.54, 1.807) is 0 Å². The van der Waals surface area contributed by atoms with Crippen molar-refractivity contribution in [1.82, 2.24) is 5.32 Å². The Balaban J connectivity index is 1.24. The highest BCUT2D eigenvalue weighted by Gasteiger charge is 2.57. The summed E-state index contributed by atoms with van der Waals surface area (Å²) in [5, 5.41) is 3.04. The van der Waals surface area contributed by atoms with Crippen molar-refractivity contribution in [2.24, 2.45) is 23.2 Å². The van der Waals surface area contributed by atoms with Crippen molar-refractivity contribution in [3.05, 3.63) is 0 Å². The first-order valence-corrected chi connectivity index (χ1v) is 11.3. The molecule has 5 rings (SSSR count). The molecule has 0 heterocycles. The Labute approximate surface area is 165 Å². The van der Waals surface area contributed by atoms with Gasteiger partial charge in [-0.05, 0) is 87.4 Å². The molecule has 1 N–H and O–H groups in total. The molecule has 0 saturated heterocycles. The second-order valence-corrected chi connectivity index (χ2v) is 11.7. The zero-order chi connectivity index (χ0) is 18.4. The first-order valence-electron chi connectivity index (χ1n) is 10.5. The predicted molar refractivity (Wildman–Crippen MR) is 104 cm³/mol. The second-order valence-electron chi connectivity index (χ2n) is 9.97. The average molecular weight is 426 g/mol. The molecule has 5 aliphatic carbocycles. The summed E-state index contributed by atoms with van der Waals surface area (Å²) in [6.45, 7) is 2.15. The minimum Gasteiger partial charge on any atom is -0.456 e. The largest absolute Gasteiger partial charge is 0.456 e. The predicted octanol–water partition coefficient (Wildman–Crippen LogP) is 4.35. The van der Waals surface area contributed by atoms with Gasteiger partial charge in [-0.25, -0.2) is 0 Å². The van der Waals surface area contributed by atoms with Crippen LogP contribution in [0.5, 0.6) is 0 Å². The number of halogens is 1. The van der Waals surface area contributed by atoms with E-state index in [0.29, 0.717) is 6.42 Å². The number of rotatable bonds is 5. The van der Waals surface area contributed by atoms with Crippen molar-refractivity contribution in [2.45, 2.75) is 87.9 Å². The van der Waals surface area contributed by atoms with E-state index < -0.39 is 0 Å². The number of hydrogen-bond acceptors (Lipinski definition) is 3. The molecule has 0 radical (unpaired) electrons. The first kappa shape index (κ1) is 18.8. The highest BCUT2D eigenvalue weighted by Crippen LogP contribution is 2.65. The summed E-state index contributed by atoms with van der Waals surface area (Å²) in [7, 11) is 0. The minimum absolute atomic E-state index is 0.112. The Morgan fingerprint density at radius 3 is 2.35 bits per heavy atom. The average Bonchev–Trinajstić information content (AvgIpc) is 2.52. The van der Waals surface area contributed by atoms with Crippen LogP contribution in [0.25, 0.3) is 0 Å². The molecule has 0 aliphatic heterocycles. The number of ether oxygens (including phenoxy) is 1. The molecule has 146 valence electrons. The molecule has 1 amide bonds. The van der Waals surface area contributed by atoms with E-state index in [0.717, 1.165) is 37.0 Å². The molecule has 0 spiro atoms. The van der Waals surface area contributed by atoms with Crippen LogP contribution in [0.4, 0.5) is 0 Å². The Kier molecular flexibility index (Phi) is 5.13. The fraction of sp³-hybridized carbons (Fsp3) is 0.905. The lowest BCUT2D eigenvalue weighted by Gasteiger charge is -2.60. The van der Waals surface area contributed by atoms with Crippen LogP contribution < -0.4 is 5.32 Å². The van der Waals surface area contributed by atoms with Crippen LogP contribution in [0.3, 0.4) is 0 Å². The summed E-state index contributed by atoms with van der Waals surface area (Å²) in [5.74, 6) is 1.97. The van der Waals surface area contributed by atoms with Crippen molar-refractivity contribution in [3.8, 4) is 0 Å². The third-order valence-corrected chi connectivity index (χ3v) is 8.30. The number of amides is 1. The Hall–Kier alpha value is -0.580. The zero-order valence-electron chi connectivity index (χ0n) is 15.9. The third kappa shape index (κ3) is 4.13. The summed E-state index contributed by atoms with van der Waals surface area (Å²) >= 11 is 3.99. The van der Waals surface area contributed by atoms with E-state index >= 15 is 0 Å². The smallest absolute Gasteiger partial charge is 0.306 e. The Bertz CT molecular complexity index is 556. The normalized spacial score (nSPS) is 43.9. The quantitative estimate of drug-likeness (QED) is 0.525. The van der Waals surface area contributed by atoms with Crippen molar-refractivity contribution in [3.63, 3.8) is 0 Å². The van der Waals surface area contributed by atoms with Crippen molar-refractivity contribution in [2.75, 3.05) is 6.61 Å². The maximum Gasteiger partial charge on any atom is 0.306 e. The van der Waals surface area contributed by atoms with Gasteiger partial charge in [-0.3, -0.25) is 9.59 Å². The van der Waals surface area contributed by atoms with Crippen LogP contribution in [-0.4, -0.2) is 28.8 Å². The van der Waals surface area contributed by atoms with E-state index in [4.69, 9.17) is 4.74 Å². The lowest BCUT2D eigenvalue weighted by molar-refractivity contribution is -0.154. The Morgan fingerprint density at radius 2 is 1.73 bits per heavy atom. The van der Waals surface area contributed by atoms with Crippen LogP contribution in [0.1, 0.15) is 77.6 Å². The highest BCUT2D eigenvalue weighted by molar-refractivity contribution is 9.10. The molecule has 5 aliphatic rings. The SMILES string of the molecule is CC1CCC(NC(=O)COC(=O)CC23C[C@@H]4C[C@H](CC(Br)(C4)C2)C3)CC1. The van der Waals surface area contributed by atoms with E-state index in [1.807, 2.05) is 0 Å². The second kappa shape index (κ2) is 7.10. The van der Waals surface area contributed by atoms with Crippen LogP contribution >= 0.6 is 15.9 Å². The lowest BCUT2D eigenvalue weighted by Crippen LogP contribution is -2.53. The van der Waals surface area contributed by atoms with Gasteiger partial charge < -0.3 is 10.1 Å². The van der Waals surface area contributed by atoms with Gasteiger partial charge in [0.25, 0.3) is 5.91 Å². The molecule has 5 heteroatoms. The molecular formula is C21H32BrNO3. The number of carbonyl (C=O) groups is 2. The van der Waals surface area contributed by atoms with E-state index in [9.17, 15) is 9.59 Å². The van der Waals surface area contributed by atoms with Gasteiger partial charge in [-0.2, -0.15) is 0 Å². The summed E-state index contributed by atoms with van der Waals surface area (Å²) < 4.78 is 5.63. The number of hydrogen-bond donors (Lipinski definition) is 1. The lowest BCUT2D eigenvalue weighted by atomic mass is 9.49. The third-order valence-electron chi connectivity index (χ3n) is 7.38. The zero-order valence-corrected chi connectivity index (χ0v) is 17.5. The van der Waals surface area contributed by atoms with Crippen LogP contribution in [0, 0.1) is 23.2 Å². The maximum atomic E-state index is 12.5. The Morgan fingerprint density at radius 1 is 1.08 bits per heavy atom. The number of carbonyl (C=O) groups excluding carboxylic acids is 2. The highest BCUT2D eigenvalue weighted by atomic mass is 79.9. The van der Waals surface area contributed by atoms with E-state index in [1.165, 1.54) is 44.9 Å². The molecular weight excluding hydrogens is 394 g/mol.